The van der Waals surface area contributed by atoms with E-state index < -0.39 is 10.0 Å². The molecule has 120 valence electrons. The number of carbonyl (C=O) groups is 1. The van der Waals surface area contributed by atoms with E-state index in [1.165, 1.54) is 19.3 Å². The predicted octanol–water partition coefficient (Wildman–Crippen LogP) is 1.88. The number of primary sulfonamides is 1. The van der Waals surface area contributed by atoms with Gasteiger partial charge in [-0.05, 0) is 49.3 Å². The van der Waals surface area contributed by atoms with Gasteiger partial charge in [-0.25, -0.2) is 13.6 Å². The van der Waals surface area contributed by atoms with E-state index in [1.807, 2.05) is 4.90 Å². The van der Waals surface area contributed by atoms with Crippen molar-refractivity contribution in [3.63, 3.8) is 0 Å². The number of carbonyl (C=O) groups excluding carboxylic acids is 1. The zero-order valence-electron chi connectivity index (χ0n) is 12.6. The van der Waals surface area contributed by atoms with Crippen LogP contribution in [0, 0.1) is 5.92 Å². The van der Waals surface area contributed by atoms with Crippen LogP contribution in [-0.4, -0.2) is 31.8 Å². The second-order valence-electron chi connectivity index (χ2n) is 6.41. The summed E-state index contributed by atoms with van der Waals surface area (Å²) in [5.74, 6) is 0.435. The summed E-state index contributed by atoms with van der Waals surface area (Å²) < 4.78 is 22.4. The third-order valence-electron chi connectivity index (χ3n) is 4.80. The molecule has 1 heterocycles. The van der Waals surface area contributed by atoms with Gasteiger partial charge < -0.3 is 4.90 Å². The molecule has 1 aromatic rings. The molecule has 0 bridgehead atoms. The minimum absolute atomic E-state index is 0.0191. The van der Waals surface area contributed by atoms with Gasteiger partial charge in [0.15, 0.2) is 0 Å². The summed E-state index contributed by atoms with van der Waals surface area (Å²) in [7, 11) is -3.58. The van der Waals surface area contributed by atoms with Crippen molar-refractivity contribution in [1.82, 2.24) is 4.90 Å². The first-order valence-electron chi connectivity index (χ1n) is 7.84. The van der Waals surface area contributed by atoms with Crippen LogP contribution in [0.15, 0.2) is 24.3 Å². The Morgan fingerprint density at radius 1 is 1.23 bits per heavy atom. The van der Waals surface area contributed by atoms with Crippen molar-refractivity contribution < 1.29 is 13.2 Å². The molecule has 5 nitrogen and oxygen atoms in total. The highest BCUT2D eigenvalue weighted by Gasteiger charge is 2.37. The fourth-order valence-corrected chi connectivity index (χ4v) is 4.20. The maximum Gasteiger partial charge on any atom is 0.254 e. The minimum atomic E-state index is -3.58. The summed E-state index contributed by atoms with van der Waals surface area (Å²) in [4.78, 5) is 14.8. The molecular weight excluding hydrogens is 300 g/mol. The second-order valence-corrected chi connectivity index (χ2v) is 8.02. The fourth-order valence-electron chi connectivity index (χ4n) is 3.55. The molecule has 1 aliphatic heterocycles. The van der Waals surface area contributed by atoms with Gasteiger partial charge in [-0.1, -0.05) is 18.6 Å². The van der Waals surface area contributed by atoms with E-state index in [2.05, 4.69) is 0 Å². The number of benzene rings is 1. The molecule has 1 saturated heterocycles. The van der Waals surface area contributed by atoms with Crippen molar-refractivity contribution in [2.24, 2.45) is 11.1 Å². The molecule has 1 aromatic carbocycles. The van der Waals surface area contributed by atoms with Gasteiger partial charge in [0.05, 0.1) is 5.75 Å². The van der Waals surface area contributed by atoms with Crippen LogP contribution in [0.1, 0.15) is 48.0 Å². The summed E-state index contributed by atoms with van der Waals surface area (Å²) >= 11 is 0. The third-order valence-corrected chi connectivity index (χ3v) is 5.53. The van der Waals surface area contributed by atoms with Crippen LogP contribution in [0.5, 0.6) is 0 Å². The minimum Gasteiger partial charge on any atom is -0.335 e. The molecule has 6 heteroatoms. The standard InChI is InChI=1S/C16H22N2O3S/c17-22(20,21)11-12-4-1-7-14(10-12)16(19)18-9-3-8-15(18)13-5-2-6-13/h1,4,7,10,13,15H,2-3,5-6,8-9,11H2,(H2,17,20,21). The Kier molecular flexibility index (Phi) is 4.23. The van der Waals surface area contributed by atoms with Crippen LogP contribution in [0.3, 0.4) is 0 Å². The molecule has 0 radical (unpaired) electrons. The third kappa shape index (κ3) is 3.33. The van der Waals surface area contributed by atoms with E-state index in [-0.39, 0.29) is 11.7 Å². The summed E-state index contributed by atoms with van der Waals surface area (Å²) in [5, 5.41) is 5.08. The van der Waals surface area contributed by atoms with Crippen LogP contribution in [0.4, 0.5) is 0 Å². The monoisotopic (exact) mass is 322 g/mol. The molecule has 2 aliphatic rings. The smallest absolute Gasteiger partial charge is 0.254 e. The Morgan fingerprint density at radius 3 is 2.64 bits per heavy atom. The Hall–Kier alpha value is -1.40. The van der Waals surface area contributed by atoms with Crippen molar-refractivity contribution in [2.75, 3.05) is 6.54 Å². The highest BCUT2D eigenvalue weighted by Crippen LogP contribution is 2.37. The Morgan fingerprint density at radius 2 is 2.00 bits per heavy atom. The number of likely N-dealkylation sites (tertiary alicyclic amines) is 1. The van der Waals surface area contributed by atoms with Gasteiger partial charge in [-0.15, -0.1) is 0 Å². The number of amides is 1. The SMILES string of the molecule is NS(=O)(=O)Cc1cccc(C(=O)N2CCCC2C2CCC2)c1. The quantitative estimate of drug-likeness (QED) is 0.919. The van der Waals surface area contributed by atoms with Gasteiger partial charge in [0.25, 0.3) is 5.91 Å². The van der Waals surface area contributed by atoms with Crippen molar-refractivity contribution in [2.45, 2.75) is 43.9 Å². The molecule has 1 unspecified atom stereocenters. The van der Waals surface area contributed by atoms with Gasteiger partial charge in [-0.3, -0.25) is 4.79 Å². The first-order chi connectivity index (χ1) is 10.4. The predicted molar refractivity (Wildman–Crippen MR) is 84.7 cm³/mol. The fraction of sp³-hybridized carbons (Fsp3) is 0.562. The lowest BCUT2D eigenvalue weighted by Crippen LogP contribution is -2.42. The molecule has 0 aromatic heterocycles. The first kappa shape index (κ1) is 15.5. The molecule has 3 rings (SSSR count). The van der Waals surface area contributed by atoms with Crippen LogP contribution < -0.4 is 5.14 Å². The van der Waals surface area contributed by atoms with E-state index in [1.54, 1.807) is 24.3 Å². The molecule has 1 amide bonds. The zero-order chi connectivity index (χ0) is 15.7. The molecular formula is C16H22N2O3S. The van der Waals surface area contributed by atoms with E-state index in [0.29, 0.717) is 23.1 Å². The average molecular weight is 322 g/mol. The Labute approximate surface area is 131 Å². The van der Waals surface area contributed by atoms with E-state index in [0.717, 1.165) is 19.4 Å². The lowest BCUT2D eigenvalue weighted by molar-refractivity contribution is 0.0626. The molecule has 0 spiro atoms. The normalized spacial score (nSPS) is 22.6. The topological polar surface area (TPSA) is 80.5 Å². The highest BCUT2D eigenvalue weighted by molar-refractivity contribution is 7.88. The van der Waals surface area contributed by atoms with E-state index in [4.69, 9.17) is 5.14 Å². The van der Waals surface area contributed by atoms with Crippen molar-refractivity contribution in [3.8, 4) is 0 Å². The molecule has 1 atom stereocenters. The van der Waals surface area contributed by atoms with Gasteiger partial charge in [0.2, 0.25) is 10.0 Å². The Balaban J connectivity index is 1.78. The van der Waals surface area contributed by atoms with Gasteiger partial charge in [0, 0.05) is 18.2 Å². The van der Waals surface area contributed by atoms with E-state index in [9.17, 15) is 13.2 Å². The number of hydrogen-bond acceptors (Lipinski definition) is 3. The van der Waals surface area contributed by atoms with Crippen molar-refractivity contribution in [3.05, 3.63) is 35.4 Å². The van der Waals surface area contributed by atoms with Crippen molar-refractivity contribution >= 4 is 15.9 Å². The van der Waals surface area contributed by atoms with E-state index >= 15 is 0 Å². The van der Waals surface area contributed by atoms with Gasteiger partial charge in [0.1, 0.15) is 0 Å². The van der Waals surface area contributed by atoms with Crippen molar-refractivity contribution in [1.29, 1.82) is 0 Å². The number of nitrogens with two attached hydrogens (primary N) is 1. The number of nitrogens with zero attached hydrogens (tertiary/aromatic N) is 1. The maximum absolute atomic E-state index is 12.8. The summed E-state index contributed by atoms with van der Waals surface area (Å²) in [6, 6.07) is 7.19. The average Bonchev–Trinajstić information content (AvgIpc) is 2.83. The largest absolute Gasteiger partial charge is 0.335 e. The van der Waals surface area contributed by atoms with Crippen LogP contribution in [0.2, 0.25) is 0 Å². The Bertz CT molecular complexity index is 668. The highest BCUT2D eigenvalue weighted by atomic mass is 32.2. The molecule has 22 heavy (non-hydrogen) atoms. The van der Waals surface area contributed by atoms with Crippen LogP contribution in [-0.2, 0) is 15.8 Å². The maximum atomic E-state index is 12.8. The number of rotatable bonds is 4. The summed E-state index contributed by atoms with van der Waals surface area (Å²) in [6.07, 6.45) is 5.86. The summed E-state index contributed by atoms with van der Waals surface area (Å²) in [6.45, 7) is 0.805. The molecule has 2 fully saturated rings. The zero-order valence-corrected chi connectivity index (χ0v) is 13.4. The first-order valence-corrected chi connectivity index (χ1v) is 9.56. The van der Waals surface area contributed by atoms with Crippen LogP contribution in [0.25, 0.3) is 0 Å². The van der Waals surface area contributed by atoms with Gasteiger partial charge in [-0.2, -0.15) is 0 Å². The lowest BCUT2D eigenvalue weighted by Gasteiger charge is -2.37. The number of sulfonamides is 1. The molecule has 2 N–H and O–H groups in total. The lowest BCUT2D eigenvalue weighted by atomic mass is 9.78. The summed E-state index contributed by atoms with van der Waals surface area (Å²) in [5.41, 5.74) is 1.13. The van der Waals surface area contributed by atoms with Crippen LogP contribution >= 0.6 is 0 Å². The second kappa shape index (κ2) is 6.01. The molecule has 1 saturated carbocycles. The van der Waals surface area contributed by atoms with Gasteiger partial charge >= 0.3 is 0 Å². The molecule has 1 aliphatic carbocycles. The number of hydrogen-bond donors (Lipinski definition) is 1.